The molecule has 0 fully saturated rings. The Labute approximate surface area is 157 Å². The van der Waals surface area contributed by atoms with Crippen molar-refractivity contribution >= 4 is 23.2 Å². The maximum Gasteiger partial charge on any atom is 0.252 e. The minimum atomic E-state index is -0.181. The average Bonchev–Trinajstić information content (AvgIpc) is 3.09. The van der Waals surface area contributed by atoms with Crippen molar-refractivity contribution in [2.75, 3.05) is 12.4 Å². The van der Waals surface area contributed by atoms with Crippen LogP contribution in [0.2, 0.25) is 5.02 Å². The highest BCUT2D eigenvalue weighted by Gasteiger charge is 2.14. The standard InChI is InChI=1S/C19H20ClN5O/c1-13-16(9-15(20)10-17(13)21-2)19(26)24-11-18-23-7-8-25(18)12-14-3-5-22-6-4-14/h3-10,21H,11-12H2,1-2H3,(H,24,26). The fourth-order valence-electron chi connectivity index (χ4n) is 2.77. The van der Waals surface area contributed by atoms with Crippen molar-refractivity contribution in [1.29, 1.82) is 0 Å². The summed E-state index contributed by atoms with van der Waals surface area (Å²) in [5.74, 6) is 0.601. The van der Waals surface area contributed by atoms with E-state index in [0.29, 0.717) is 23.7 Å². The molecule has 3 aromatic rings. The number of aromatic nitrogens is 3. The van der Waals surface area contributed by atoms with Gasteiger partial charge in [0.15, 0.2) is 0 Å². The lowest BCUT2D eigenvalue weighted by Gasteiger charge is -2.13. The van der Waals surface area contributed by atoms with Crippen LogP contribution in [0.15, 0.2) is 49.1 Å². The number of imidazole rings is 1. The first-order chi connectivity index (χ1) is 12.6. The molecule has 0 aliphatic carbocycles. The lowest BCUT2D eigenvalue weighted by Crippen LogP contribution is -2.25. The highest BCUT2D eigenvalue weighted by molar-refractivity contribution is 6.31. The van der Waals surface area contributed by atoms with Gasteiger partial charge in [0.25, 0.3) is 5.91 Å². The van der Waals surface area contributed by atoms with Crippen LogP contribution >= 0.6 is 11.6 Å². The summed E-state index contributed by atoms with van der Waals surface area (Å²) in [5.41, 5.74) is 3.36. The van der Waals surface area contributed by atoms with Crippen LogP contribution in [-0.2, 0) is 13.1 Å². The molecular formula is C19H20ClN5O. The molecule has 0 bridgehead atoms. The monoisotopic (exact) mass is 369 g/mol. The zero-order chi connectivity index (χ0) is 18.5. The zero-order valence-electron chi connectivity index (χ0n) is 14.7. The molecule has 1 aromatic carbocycles. The minimum Gasteiger partial charge on any atom is -0.388 e. The van der Waals surface area contributed by atoms with Gasteiger partial charge < -0.3 is 15.2 Å². The summed E-state index contributed by atoms with van der Waals surface area (Å²) in [4.78, 5) is 21.0. The molecule has 0 unspecified atom stereocenters. The van der Waals surface area contributed by atoms with E-state index in [9.17, 15) is 4.79 Å². The molecule has 0 aliphatic rings. The van der Waals surface area contributed by atoms with Crippen LogP contribution in [0.25, 0.3) is 0 Å². The number of hydrogen-bond acceptors (Lipinski definition) is 4. The number of anilines is 1. The van der Waals surface area contributed by atoms with Crippen molar-refractivity contribution in [2.45, 2.75) is 20.0 Å². The van der Waals surface area contributed by atoms with Crippen LogP contribution < -0.4 is 10.6 Å². The van der Waals surface area contributed by atoms with Crippen molar-refractivity contribution in [3.05, 3.63) is 76.6 Å². The van der Waals surface area contributed by atoms with Gasteiger partial charge in [-0.05, 0) is 42.3 Å². The Balaban J connectivity index is 1.71. The van der Waals surface area contributed by atoms with E-state index in [1.807, 2.05) is 29.8 Å². The van der Waals surface area contributed by atoms with Crippen LogP contribution in [0, 0.1) is 6.92 Å². The SMILES string of the molecule is CNc1cc(Cl)cc(C(=O)NCc2nccn2Cc2ccncc2)c1C. The molecule has 3 rings (SSSR count). The van der Waals surface area contributed by atoms with Gasteiger partial charge in [-0.15, -0.1) is 0 Å². The van der Waals surface area contributed by atoms with Crippen molar-refractivity contribution in [3.8, 4) is 0 Å². The molecule has 0 radical (unpaired) electrons. The molecule has 6 nitrogen and oxygen atoms in total. The van der Waals surface area contributed by atoms with Gasteiger partial charge in [0.2, 0.25) is 0 Å². The van der Waals surface area contributed by atoms with E-state index in [2.05, 4.69) is 20.6 Å². The van der Waals surface area contributed by atoms with Gasteiger partial charge in [-0.25, -0.2) is 4.98 Å². The number of halogens is 1. The van der Waals surface area contributed by atoms with Crippen LogP contribution in [0.1, 0.15) is 27.3 Å². The third-order valence-electron chi connectivity index (χ3n) is 4.20. The number of pyridine rings is 1. The average molecular weight is 370 g/mol. The number of benzene rings is 1. The molecule has 2 N–H and O–H groups in total. The Morgan fingerprint density at radius 2 is 2.00 bits per heavy atom. The van der Waals surface area contributed by atoms with Gasteiger partial charge in [-0.1, -0.05) is 11.6 Å². The van der Waals surface area contributed by atoms with E-state index in [0.717, 1.165) is 22.6 Å². The molecule has 2 aromatic heterocycles. The first kappa shape index (κ1) is 17.9. The summed E-state index contributed by atoms with van der Waals surface area (Å²) in [6.45, 7) is 2.90. The zero-order valence-corrected chi connectivity index (χ0v) is 15.4. The van der Waals surface area contributed by atoms with Gasteiger partial charge in [-0.2, -0.15) is 0 Å². The second-order valence-corrected chi connectivity index (χ2v) is 6.32. The Hall–Kier alpha value is -2.86. The van der Waals surface area contributed by atoms with Gasteiger partial charge in [0, 0.05) is 54.7 Å². The lowest BCUT2D eigenvalue weighted by molar-refractivity contribution is 0.0949. The number of carbonyl (C=O) groups excluding carboxylic acids is 1. The van der Waals surface area contributed by atoms with Crippen LogP contribution in [0.5, 0.6) is 0 Å². The van der Waals surface area contributed by atoms with E-state index >= 15 is 0 Å². The van der Waals surface area contributed by atoms with Crippen molar-refractivity contribution in [1.82, 2.24) is 19.9 Å². The fourth-order valence-corrected chi connectivity index (χ4v) is 2.98. The van der Waals surface area contributed by atoms with Crippen LogP contribution in [0.3, 0.4) is 0 Å². The molecule has 7 heteroatoms. The minimum absolute atomic E-state index is 0.181. The molecule has 0 atom stereocenters. The maximum atomic E-state index is 12.6. The van der Waals surface area contributed by atoms with E-state index in [-0.39, 0.29) is 5.91 Å². The third-order valence-corrected chi connectivity index (χ3v) is 4.42. The summed E-state index contributed by atoms with van der Waals surface area (Å²) in [6.07, 6.45) is 7.14. The Kier molecular flexibility index (Phi) is 5.53. The predicted molar refractivity (Wildman–Crippen MR) is 102 cm³/mol. The molecule has 0 aliphatic heterocycles. The number of rotatable bonds is 6. The summed E-state index contributed by atoms with van der Waals surface area (Å²) in [6, 6.07) is 7.39. The summed E-state index contributed by atoms with van der Waals surface area (Å²) in [5, 5.41) is 6.50. The van der Waals surface area contributed by atoms with Crippen molar-refractivity contribution in [2.24, 2.45) is 0 Å². The topological polar surface area (TPSA) is 71.8 Å². The Morgan fingerprint density at radius 1 is 1.23 bits per heavy atom. The molecule has 26 heavy (non-hydrogen) atoms. The number of nitrogens with one attached hydrogen (secondary N) is 2. The third kappa shape index (κ3) is 4.03. The first-order valence-electron chi connectivity index (χ1n) is 8.23. The molecule has 134 valence electrons. The fraction of sp³-hybridized carbons (Fsp3) is 0.211. The van der Waals surface area contributed by atoms with Gasteiger partial charge in [-0.3, -0.25) is 9.78 Å². The van der Waals surface area contributed by atoms with E-state index < -0.39 is 0 Å². The van der Waals surface area contributed by atoms with Crippen LogP contribution in [-0.4, -0.2) is 27.5 Å². The first-order valence-corrected chi connectivity index (χ1v) is 8.61. The summed E-state index contributed by atoms with van der Waals surface area (Å²) >= 11 is 6.12. The highest BCUT2D eigenvalue weighted by atomic mass is 35.5. The normalized spacial score (nSPS) is 10.6. The smallest absolute Gasteiger partial charge is 0.252 e. The Morgan fingerprint density at radius 3 is 2.73 bits per heavy atom. The molecular weight excluding hydrogens is 350 g/mol. The number of amides is 1. The predicted octanol–water partition coefficient (Wildman–Crippen LogP) is 3.26. The van der Waals surface area contributed by atoms with Crippen LogP contribution in [0.4, 0.5) is 5.69 Å². The second-order valence-electron chi connectivity index (χ2n) is 5.89. The number of nitrogens with zero attached hydrogens (tertiary/aromatic N) is 3. The molecule has 0 saturated carbocycles. The number of carbonyl (C=O) groups is 1. The van der Waals surface area contributed by atoms with Crippen molar-refractivity contribution < 1.29 is 4.79 Å². The van der Waals surface area contributed by atoms with Gasteiger partial charge >= 0.3 is 0 Å². The van der Waals surface area contributed by atoms with E-state index in [4.69, 9.17) is 11.6 Å². The quantitative estimate of drug-likeness (QED) is 0.699. The van der Waals surface area contributed by atoms with E-state index in [1.165, 1.54) is 0 Å². The summed E-state index contributed by atoms with van der Waals surface area (Å²) < 4.78 is 2.00. The Bertz CT molecular complexity index is 908. The molecule has 0 spiro atoms. The summed E-state index contributed by atoms with van der Waals surface area (Å²) in [7, 11) is 1.80. The largest absolute Gasteiger partial charge is 0.388 e. The van der Waals surface area contributed by atoms with Gasteiger partial charge in [0.05, 0.1) is 6.54 Å². The molecule has 2 heterocycles. The second kappa shape index (κ2) is 8.01. The van der Waals surface area contributed by atoms with E-state index in [1.54, 1.807) is 37.8 Å². The maximum absolute atomic E-state index is 12.6. The number of hydrogen-bond donors (Lipinski definition) is 2. The highest BCUT2D eigenvalue weighted by Crippen LogP contribution is 2.24. The molecule has 1 amide bonds. The van der Waals surface area contributed by atoms with Gasteiger partial charge in [0.1, 0.15) is 5.82 Å². The molecule has 0 saturated heterocycles. The lowest BCUT2D eigenvalue weighted by atomic mass is 10.1. The van der Waals surface area contributed by atoms with Crippen molar-refractivity contribution in [3.63, 3.8) is 0 Å².